The lowest BCUT2D eigenvalue weighted by Crippen LogP contribution is -2.63. The molecule has 0 unspecified atom stereocenters. The predicted molar refractivity (Wildman–Crippen MR) is 541 cm³/mol. The van der Waals surface area contributed by atoms with Crippen LogP contribution in [0.4, 0.5) is 9.59 Å². The average Bonchev–Trinajstić information content (AvgIpc) is 0.791. The van der Waals surface area contributed by atoms with Crippen LogP contribution in [0.5, 0.6) is 0 Å². The maximum Gasteiger partial charge on any atom is 0.513 e. The molecule has 0 spiro atoms. The Kier molecular flexibility index (Phi) is 49.0. The Morgan fingerprint density at radius 2 is 0.345 bits per heavy atom. The van der Waals surface area contributed by atoms with Gasteiger partial charge in [0.25, 0.3) is 0 Å². The van der Waals surface area contributed by atoms with Crippen LogP contribution in [0.15, 0.2) is 25.7 Å². The van der Waals surface area contributed by atoms with Crippen molar-refractivity contribution in [2.75, 3.05) is 13.7 Å². The molecule has 0 amide bonds. The molecule has 0 aliphatic rings. The van der Waals surface area contributed by atoms with Crippen LogP contribution in [-0.2, 0) is 118 Å². The van der Waals surface area contributed by atoms with Crippen LogP contribution in [0.25, 0.3) is 0 Å². The Bertz CT molecular complexity index is 3110. The second kappa shape index (κ2) is 46.4. The monoisotopic (exact) mass is 2120 g/mol. The fraction of sp³-hybridized carbons (Fsp3) is 0.906. The van der Waals surface area contributed by atoms with Crippen LogP contribution < -0.4 is 0 Å². The van der Waals surface area contributed by atoms with E-state index in [1.54, 1.807) is 0 Å². The molecule has 0 saturated heterocycles. The summed E-state index contributed by atoms with van der Waals surface area (Å²) in [5.74, 6) is 0. The van der Waals surface area contributed by atoms with E-state index >= 15 is 0 Å². The largest absolute Gasteiger partial charge is 0.513 e. The first-order chi connectivity index (χ1) is 51.7. The molecule has 0 aromatic carbocycles. The molecule has 30 nitrogen and oxygen atoms in total. The number of hydrogen-bond donors (Lipinski definition) is 0. The highest BCUT2D eigenvalue weighted by atomic mass is 28.6. The van der Waals surface area contributed by atoms with Crippen molar-refractivity contribution < 1.29 is 127 Å². The van der Waals surface area contributed by atoms with Crippen molar-refractivity contribution >= 4 is 226 Å². The smallest absolute Gasteiger partial charge is 0.437 e. The zero-order chi connectivity index (χ0) is 95.7. The number of hydrogen-bond acceptors (Lipinski definition) is 30. The molecule has 55 heteroatoms. The number of methoxy groups -OCH3 is 1. The molecule has 0 heterocycles. The van der Waals surface area contributed by atoms with Gasteiger partial charge in [-0.1, -0.05) is 33.4 Å². The first kappa shape index (κ1) is 126. The minimum absolute atomic E-state index is 0.274. The Balaban J connectivity index is -0.0000141. The molecule has 0 radical (unpaired) electrons. The Labute approximate surface area is 752 Å². The van der Waals surface area contributed by atoms with Gasteiger partial charge in [0.2, 0.25) is 0 Å². The van der Waals surface area contributed by atoms with E-state index in [0.717, 1.165) is 25.0 Å². The topological polar surface area (TPSA) is 293 Å². The third kappa shape index (κ3) is 63.3. The molecule has 119 heavy (non-hydrogen) atoms. The predicted octanol–water partition coefficient (Wildman–Crippen LogP) is 22.6. The fourth-order valence-corrected chi connectivity index (χ4v) is 145. The second-order valence-corrected chi connectivity index (χ2v) is 133. The Hall–Kier alpha value is 2.48. The van der Waals surface area contributed by atoms with E-state index in [0.29, 0.717) is 6.42 Å². The zero-order valence-electron chi connectivity index (χ0n) is 85.1. The quantitative estimate of drug-likeness (QED) is 0.0236. The van der Waals surface area contributed by atoms with Gasteiger partial charge in [0.1, 0.15) is 0 Å². The first-order valence-corrected chi connectivity index (χ1v) is 113. The molecule has 0 N–H and O–H groups in total. The lowest BCUT2D eigenvalue weighted by Gasteiger charge is -2.45. The van der Waals surface area contributed by atoms with E-state index in [-0.39, 0.29) is 6.61 Å². The summed E-state index contributed by atoms with van der Waals surface area (Å²) >= 11 is 0. The molecule has 0 saturated carbocycles. The molecule has 0 bridgehead atoms. The zero-order valence-corrected chi connectivity index (χ0v) is 110. The molecule has 0 fully saturated rings. The van der Waals surface area contributed by atoms with Crippen molar-refractivity contribution in [3.8, 4) is 0 Å². The summed E-state index contributed by atoms with van der Waals surface area (Å²) in [5, 5.41) is 0. The molecule has 0 rings (SSSR count). The van der Waals surface area contributed by atoms with Crippen LogP contribution in [0.3, 0.4) is 0 Å². The maximum absolute atomic E-state index is 11.5. The number of unbranched alkanes of at least 4 members (excludes halogenated alkanes) is 1. The fourth-order valence-electron chi connectivity index (χ4n) is 16.0. The summed E-state index contributed by atoms with van der Waals surface area (Å²) in [7, 11) is -67.9. The molecular weight excluding hydrogens is 1950 g/mol. The first-order valence-electron chi connectivity index (χ1n) is 41.4. The standard InChI is InChI=1S/C58H164O27Si25.C4H6O3.C2H6/c1-53-60-58(59)61-56-54-55-57-87(5,6)63-89(9,10)65-91(13,14)67-93(17,18)69-95(21,22)71-97(25,26)73-99(29,30)75-101(33,34)77-103(37,38)79-105(41,42)81-107(45,46)83-109(49,50)85-110(51,52)84-108(47,48)82-106(43,44)80-104(39,40)78-102(35,36)76-100(31,32)74-98(27,28)72-96(23,24)70-94(19,20)68-92(15,16)66-90(11,12)64-88(7,8)62-86(2,3)4;1-3-7-4(5)6-2;1-2/h53H,1,54-57H2,2-52H3;3H,1H2,2H3;1-2H3. The van der Waals surface area contributed by atoms with E-state index in [9.17, 15) is 9.59 Å². The lowest BCUT2D eigenvalue weighted by molar-refractivity contribution is 0.0836. The summed E-state index contributed by atoms with van der Waals surface area (Å²) in [6.45, 7) is 116. The molecule has 0 aliphatic heterocycles. The van der Waals surface area contributed by atoms with Crippen molar-refractivity contribution in [3.63, 3.8) is 0 Å². The van der Waals surface area contributed by atoms with Gasteiger partial charge >= 0.3 is 209 Å². The van der Waals surface area contributed by atoms with Crippen molar-refractivity contribution in [1.82, 2.24) is 0 Å². The van der Waals surface area contributed by atoms with Gasteiger partial charge in [-0.2, -0.15) is 0 Å². The summed E-state index contributed by atoms with van der Waals surface area (Å²) < 4.78 is 184. The van der Waals surface area contributed by atoms with Crippen LogP contribution in [-0.4, -0.2) is 240 Å². The van der Waals surface area contributed by atoms with Gasteiger partial charge < -0.3 is 118 Å². The van der Waals surface area contributed by atoms with Gasteiger partial charge in [0.15, 0.2) is 16.6 Å². The van der Waals surface area contributed by atoms with Crippen molar-refractivity contribution in [2.24, 2.45) is 0 Å². The van der Waals surface area contributed by atoms with Crippen LogP contribution in [0.2, 0.25) is 340 Å². The minimum atomic E-state index is -2.92. The number of carbonyl (C=O) groups excluding carboxylic acids is 2. The van der Waals surface area contributed by atoms with Gasteiger partial charge in [0, 0.05) is 0 Å². The van der Waals surface area contributed by atoms with E-state index in [1.807, 2.05) is 132 Å². The van der Waals surface area contributed by atoms with E-state index < -0.39 is 226 Å². The highest BCUT2D eigenvalue weighted by molar-refractivity contribution is 6.98. The van der Waals surface area contributed by atoms with E-state index in [4.69, 9.17) is 104 Å². The minimum Gasteiger partial charge on any atom is -0.437 e. The van der Waals surface area contributed by atoms with Crippen molar-refractivity contribution in [2.45, 2.75) is 367 Å². The van der Waals surface area contributed by atoms with Crippen molar-refractivity contribution in [3.05, 3.63) is 25.7 Å². The summed E-state index contributed by atoms with van der Waals surface area (Å²) in [6.07, 6.45) is 2.13. The number of carbonyl (C=O) groups is 2. The summed E-state index contributed by atoms with van der Waals surface area (Å²) in [5.41, 5.74) is 0. The van der Waals surface area contributed by atoms with E-state index in [2.05, 4.69) is 243 Å². The van der Waals surface area contributed by atoms with Gasteiger partial charge in [-0.3, -0.25) is 0 Å². The lowest BCUT2D eigenvalue weighted by atomic mass is 10.4. The highest BCUT2D eigenvalue weighted by Crippen LogP contribution is 2.37. The maximum atomic E-state index is 11.5. The normalized spacial score (nSPS) is 15.0. The molecule has 0 aliphatic carbocycles. The highest BCUT2D eigenvalue weighted by Gasteiger charge is 2.57. The molecule has 712 valence electrons. The second-order valence-electron chi connectivity index (χ2n) is 41.1. The average molecular weight is 2130 g/mol. The van der Waals surface area contributed by atoms with Gasteiger partial charge in [-0.05, 0) is 346 Å². The summed E-state index contributed by atoms with van der Waals surface area (Å²) in [6, 6.07) is 0.888. The number of rotatable bonds is 55. The van der Waals surface area contributed by atoms with Crippen LogP contribution in [0, 0.1) is 0 Å². The van der Waals surface area contributed by atoms with Crippen LogP contribution >= 0.6 is 0 Å². The third-order valence-corrected chi connectivity index (χ3v) is 110. The summed E-state index contributed by atoms with van der Waals surface area (Å²) in [4.78, 5) is 21.4. The SMILES string of the molecule is C=COC(=O)OC.C=COC(=O)OCCCC[Si](C)(C)O[Si](C)(C)O[Si](C)(C)O[Si](C)(C)O[Si](C)(C)O[Si](C)(C)O[Si](C)(C)O[Si](C)(C)O[Si](C)(C)O[Si](C)(C)O[Si](C)(C)O[Si](C)(C)O[Si](C)(C)O[Si](C)(C)O[Si](C)(C)O[Si](C)(C)O[Si](C)(C)O[Si](C)(C)O[Si](C)(C)O[Si](C)(C)O[Si](C)(C)O[Si](C)(C)O[Si](C)(C)O[Si](C)(C)O[Si](C)(C)C.CC. The third-order valence-electron chi connectivity index (χ3n) is 13.8. The molecule has 0 atom stereocenters. The molecular formula is C64H176O30Si25. The van der Waals surface area contributed by atoms with Crippen LogP contribution in [0.1, 0.15) is 26.7 Å². The van der Waals surface area contributed by atoms with E-state index in [1.165, 1.54) is 7.11 Å². The van der Waals surface area contributed by atoms with Gasteiger partial charge in [0.05, 0.1) is 26.2 Å². The Morgan fingerprint density at radius 1 is 0.210 bits per heavy atom. The van der Waals surface area contributed by atoms with Gasteiger partial charge in [-0.15, -0.1) is 0 Å². The van der Waals surface area contributed by atoms with Crippen molar-refractivity contribution in [1.29, 1.82) is 0 Å². The Morgan fingerprint density at radius 3 is 0.471 bits per heavy atom. The molecule has 0 aromatic heterocycles. The molecule has 0 aromatic rings. The van der Waals surface area contributed by atoms with Gasteiger partial charge in [-0.25, -0.2) is 9.59 Å². The number of ether oxygens (including phenoxy) is 4.